The second-order valence-corrected chi connectivity index (χ2v) is 12.8. The maximum absolute atomic E-state index is 11.5. The Morgan fingerprint density at radius 2 is 1.79 bits per heavy atom. The zero-order valence-electron chi connectivity index (χ0n) is 22.0. The minimum absolute atomic E-state index is 0.0618. The number of aliphatic hydroxyl groups excluding tert-OH is 1. The van der Waals surface area contributed by atoms with Gasteiger partial charge in [-0.1, -0.05) is 63.6 Å². The molecular formula is C30H48O3. The predicted octanol–water partition coefficient (Wildman–Crippen LogP) is 7.57. The van der Waals surface area contributed by atoms with Crippen molar-refractivity contribution in [3.8, 4) is 0 Å². The first-order chi connectivity index (χ1) is 15.2. The zero-order chi connectivity index (χ0) is 24.8. The molecule has 0 bridgehead atoms. The quantitative estimate of drug-likeness (QED) is 0.388. The Bertz CT molecular complexity index is 820. The van der Waals surface area contributed by atoms with E-state index in [0.29, 0.717) is 30.1 Å². The molecule has 3 aliphatic rings. The van der Waals surface area contributed by atoms with E-state index in [1.165, 1.54) is 16.7 Å². The molecule has 0 aromatic heterocycles. The SMILES string of the molecule is C=C(C)[C@@H]1CC=C(C)[C@H](CC[C@H]2C(=C)CC[C@@H]3C(C)(C)[C@@H](O)CC[C@@]32C)[C@@]1(C)CCC(=O)O. The summed E-state index contributed by atoms with van der Waals surface area (Å²) in [6, 6.07) is 0. The molecule has 2 saturated carbocycles. The predicted molar refractivity (Wildman–Crippen MR) is 137 cm³/mol. The van der Waals surface area contributed by atoms with Crippen LogP contribution in [0.5, 0.6) is 0 Å². The second kappa shape index (κ2) is 9.36. The summed E-state index contributed by atoms with van der Waals surface area (Å²) in [5.41, 5.74) is 4.02. The van der Waals surface area contributed by atoms with E-state index >= 15 is 0 Å². The zero-order valence-corrected chi connectivity index (χ0v) is 22.0. The minimum Gasteiger partial charge on any atom is -0.481 e. The summed E-state index contributed by atoms with van der Waals surface area (Å²) in [6.45, 7) is 22.5. The van der Waals surface area contributed by atoms with Crippen molar-refractivity contribution in [1.82, 2.24) is 0 Å². The van der Waals surface area contributed by atoms with Crippen LogP contribution in [0, 0.1) is 39.9 Å². The maximum Gasteiger partial charge on any atom is 0.303 e. The van der Waals surface area contributed by atoms with E-state index in [0.717, 1.165) is 44.9 Å². The number of rotatable bonds is 7. The van der Waals surface area contributed by atoms with Crippen LogP contribution in [0.3, 0.4) is 0 Å². The Kier molecular flexibility index (Phi) is 7.45. The molecule has 0 aromatic rings. The first-order valence-corrected chi connectivity index (χ1v) is 13.1. The average Bonchev–Trinajstić information content (AvgIpc) is 2.71. The molecule has 0 saturated heterocycles. The normalized spacial score (nSPS) is 40.6. The Hall–Kier alpha value is -1.35. The highest BCUT2D eigenvalue weighted by Gasteiger charge is 2.56. The van der Waals surface area contributed by atoms with Gasteiger partial charge in [0.25, 0.3) is 0 Å². The summed E-state index contributed by atoms with van der Waals surface area (Å²) in [4.78, 5) is 11.5. The fraction of sp³-hybridized carbons (Fsp3) is 0.767. The van der Waals surface area contributed by atoms with Gasteiger partial charge in [0.05, 0.1) is 6.10 Å². The minimum atomic E-state index is -0.707. The van der Waals surface area contributed by atoms with Gasteiger partial charge < -0.3 is 10.2 Å². The number of fused-ring (bicyclic) bond motifs is 1. The summed E-state index contributed by atoms with van der Waals surface area (Å²) < 4.78 is 0. The van der Waals surface area contributed by atoms with Crippen LogP contribution in [0.2, 0.25) is 0 Å². The molecule has 7 atom stereocenters. The first kappa shape index (κ1) is 26.3. The van der Waals surface area contributed by atoms with E-state index in [4.69, 9.17) is 0 Å². The molecule has 0 aliphatic heterocycles. The molecule has 2 fully saturated rings. The Labute approximate surface area is 202 Å². The number of hydrogen-bond donors (Lipinski definition) is 2. The molecule has 3 rings (SSSR count). The molecule has 0 amide bonds. The van der Waals surface area contributed by atoms with Crippen molar-refractivity contribution in [3.05, 3.63) is 36.0 Å². The summed E-state index contributed by atoms with van der Waals surface area (Å²) in [6.07, 6.45) is 10.3. The second-order valence-electron chi connectivity index (χ2n) is 12.8. The highest BCUT2D eigenvalue weighted by Crippen LogP contribution is 2.62. The fourth-order valence-electron chi connectivity index (χ4n) is 8.56. The summed E-state index contributed by atoms with van der Waals surface area (Å²) in [5.74, 6) is 0.957. The molecule has 0 unspecified atom stereocenters. The highest BCUT2D eigenvalue weighted by molar-refractivity contribution is 5.66. The standard InChI is InChI=1S/C30H48O3/c1-19(2)22-11-9-20(3)23(29(22,7)18-16-27(32)33)12-13-24-21(4)10-14-25-28(5,6)26(31)15-17-30(24,25)8/h9,22-26,31H,1,4,10-18H2,2-3,5-8H3,(H,32,33)/t22-,23-,24-,25+,26-,29-,30+/m0/s1. The van der Waals surface area contributed by atoms with Gasteiger partial charge in [-0.3, -0.25) is 4.79 Å². The van der Waals surface area contributed by atoms with Crippen molar-refractivity contribution in [2.45, 2.75) is 105 Å². The highest BCUT2D eigenvalue weighted by atomic mass is 16.4. The largest absolute Gasteiger partial charge is 0.481 e. The van der Waals surface area contributed by atoms with Gasteiger partial charge >= 0.3 is 5.97 Å². The molecule has 0 aromatic carbocycles. The van der Waals surface area contributed by atoms with Crippen molar-refractivity contribution in [2.75, 3.05) is 0 Å². The van der Waals surface area contributed by atoms with Gasteiger partial charge in [-0.2, -0.15) is 0 Å². The van der Waals surface area contributed by atoms with Crippen LogP contribution in [-0.4, -0.2) is 22.3 Å². The van der Waals surface area contributed by atoms with E-state index in [9.17, 15) is 15.0 Å². The van der Waals surface area contributed by atoms with Gasteiger partial charge in [-0.25, -0.2) is 0 Å². The lowest BCUT2D eigenvalue weighted by atomic mass is 9.46. The first-order valence-electron chi connectivity index (χ1n) is 13.1. The lowest BCUT2D eigenvalue weighted by Gasteiger charge is -2.60. The summed E-state index contributed by atoms with van der Waals surface area (Å²) in [5, 5.41) is 20.2. The third-order valence-electron chi connectivity index (χ3n) is 10.6. The number of hydrogen-bond acceptors (Lipinski definition) is 2. The molecule has 3 heteroatoms. The van der Waals surface area contributed by atoms with Gasteiger partial charge in [-0.05, 0) is 105 Å². The Morgan fingerprint density at radius 3 is 2.39 bits per heavy atom. The molecule has 3 nitrogen and oxygen atoms in total. The third-order valence-corrected chi connectivity index (χ3v) is 10.6. The number of allylic oxidation sites excluding steroid dienone is 4. The van der Waals surface area contributed by atoms with E-state index in [1.54, 1.807) is 0 Å². The third kappa shape index (κ3) is 4.64. The van der Waals surface area contributed by atoms with Crippen LogP contribution >= 0.6 is 0 Å². The number of aliphatic hydroxyl groups is 1. The molecule has 2 N–H and O–H groups in total. The summed E-state index contributed by atoms with van der Waals surface area (Å²) >= 11 is 0. The molecule has 3 aliphatic carbocycles. The lowest BCUT2D eigenvalue weighted by molar-refractivity contribution is -0.138. The van der Waals surface area contributed by atoms with Crippen LogP contribution in [0.1, 0.15) is 99.3 Å². The molecule has 0 heterocycles. The Morgan fingerprint density at radius 1 is 1.15 bits per heavy atom. The van der Waals surface area contributed by atoms with Crippen molar-refractivity contribution < 1.29 is 15.0 Å². The van der Waals surface area contributed by atoms with Crippen LogP contribution < -0.4 is 0 Å². The number of carboxylic acids is 1. The number of carbonyl (C=O) groups is 1. The smallest absolute Gasteiger partial charge is 0.303 e. The molecular weight excluding hydrogens is 408 g/mol. The summed E-state index contributed by atoms with van der Waals surface area (Å²) in [7, 11) is 0. The van der Waals surface area contributed by atoms with Crippen LogP contribution in [-0.2, 0) is 4.79 Å². The van der Waals surface area contributed by atoms with Gasteiger partial charge in [-0.15, -0.1) is 0 Å². The van der Waals surface area contributed by atoms with Crippen molar-refractivity contribution >= 4 is 5.97 Å². The van der Waals surface area contributed by atoms with Crippen molar-refractivity contribution in [3.63, 3.8) is 0 Å². The maximum atomic E-state index is 11.5. The topological polar surface area (TPSA) is 57.5 Å². The van der Waals surface area contributed by atoms with Gasteiger partial charge in [0.15, 0.2) is 0 Å². The lowest BCUT2D eigenvalue weighted by Crippen LogP contribution is -2.54. The average molecular weight is 457 g/mol. The fourth-order valence-corrected chi connectivity index (χ4v) is 8.56. The molecule has 0 spiro atoms. The monoisotopic (exact) mass is 456 g/mol. The number of carboxylic acid groups (broad SMARTS) is 1. The van der Waals surface area contributed by atoms with Crippen molar-refractivity contribution in [1.29, 1.82) is 0 Å². The van der Waals surface area contributed by atoms with Crippen LogP contribution in [0.15, 0.2) is 36.0 Å². The van der Waals surface area contributed by atoms with E-state index in [-0.39, 0.29) is 28.8 Å². The van der Waals surface area contributed by atoms with Gasteiger partial charge in [0.1, 0.15) is 0 Å². The van der Waals surface area contributed by atoms with Crippen LogP contribution in [0.25, 0.3) is 0 Å². The molecule has 186 valence electrons. The van der Waals surface area contributed by atoms with Crippen molar-refractivity contribution in [2.24, 2.45) is 39.9 Å². The van der Waals surface area contributed by atoms with Gasteiger partial charge in [0, 0.05) is 6.42 Å². The Balaban J connectivity index is 1.88. The van der Waals surface area contributed by atoms with Gasteiger partial charge in [0.2, 0.25) is 0 Å². The van der Waals surface area contributed by atoms with E-state index in [2.05, 4.69) is 60.8 Å². The molecule has 0 radical (unpaired) electrons. The molecule has 33 heavy (non-hydrogen) atoms. The van der Waals surface area contributed by atoms with Crippen LogP contribution in [0.4, 0.5) is 0 Å². The van der Waals surface area contributed by atoms with E-state index < -0.39 is 5.97 Å². The van der Waals surface area contributed by atoms with E-state index in [1.807, 2.05) is 0 Å². The number of aliphatic carboxylic acids is 1.